The second-order valence-corrected chi connectivity index (χ2v) is 7.29. The van der Waals surface area contributed by atoms with Crippen LogP contribution in [-0.4, -0.2) is 60.5 Å². The first-order valence-corrected chi connectivity index (χ1v) is 9.73. The Kier molecular flexibility index (Phi) is 7.24. The standard InChI is InChI=1S/C20H20ClF2N3O5/c1-30-17-10-15(16(26(28)29)11-18(17)31-20(22)23)19(27)25-8-6-24(7-9-25)12-13-2-4-14(21)5-3-13/h2-5,10-11,20H,6-9,12H2,1H3. The molecule has 0 spiro atoms. The van der Waals surface area contributed by atoms with E-state index in [1.165, 1.54) is 12.0 Å². The quantitative estimate of drug-likeness (QED) is 0.466. The maximum Gasteiger partial charge on any atom is 0.387 e. The number of rotatable bonds is 7. The number of piperazine rings is 1. The van der Waals surface area contributed by atoms with E-state index in [1.807, 2.05) is 24.3 Å². The average molecular weight is 456 g/mol. The van der Waals surface area contributed by atoms with Gasteiger partial charge in [-0.3, -0.25) is 19.8 Å². The van der Waals surface area contributed by atoms with Crippen molar-refractivity contribution in [2.24, 2.45) is 0 Å². The number of carbonyl (C=O) groups excluding carboxylic acids is 1. The van der Waals surface area contributed by atoms with Crippen molar-refractivity contribution in [2.45, 2.75) is 13.2 Å². The molecule has 3 rings (SSSR count). The van der Waals surface area contributed by atoms with Crippen LogP contribution in [0.5, 0.6) is 11.5 Å². The molecule has 1 saturated heterocycles. The fourth-order valence-corrected chi connectivity index (χ4v) is 3.47. The topological polar surface area (TPSA) is 85.2 Å². The molecule has 1 aliphatic rings. The van der Waals surface area contributed by atoms with Gasteiger partial charge in [0.25, 0.3) is 11.6 Å². The smallest absolute Gasteiger partial charge is 0.387 e. The molecule has 0 bridgehead atoms. The van der Waals surface area contributed by atoms with Gasteiger partial charge < -0.3 is 14.4 Å². The van der Waals surface area contributed by atoms with Crippen molar-refractivity contribution >= 4 is 23.2 Å². The third kappa shape index (κ3) is 5.59. The lowest BCUT2D eigenvalue weighted by Gasteiger charge is -2.34. The van der Waals surface area contributed by atoms with E-state index in [1.54, 1.807) is 0 Å². The van der Waals surface area contributed by atoms with E-state index >= 15 is 0 Å². The number of nitro groups is 1. The third-order valence-electron chi connectivity index (χ3n) is 4.90. The number of hydrogen-bond donors (Lipinski definition) is 0. The Morgan fingerprint density at radius 3 is 2.35 bits per heavy atom. The minimum atomic E-state index is -3.19. The van der Waals surface area contributed by atoms with Gasteiger partial charge >= 0.3 is 6.61 Å². The second-order valence-electron chi connectivity index (χ2n) is 6.85. The highest BCUT2D eigenvalue weighted by atomic mass is 35.5. The van der Waals surface area contributed by atoms with Crippen LogP contribution in [0.3, 0.4) is 0 Å². The SMILES string of the molecule is COc1cc(C(=O)N2CCN(Cc3ccc(Cl)cc3)CC2)c([N+](=O)[O-])cc1OC(F)F. The number of nitrogens with zero attached hydrogens (tertiary/aromatic N) is 3. The number of nitro benzene ring substituents is 1. The molecular weight excluding hydrogens is 436 g/mol. The molecule has 2 aromatic carbocycles. The van der Waals surface area contributed by atoms with Crippen LogP contribution in [-0.2, 0) is 6.54 Å². The number of hydrogen-bond acceptors (Lipinski definition) is 6. The lowest BCUT2D eigenvalue weighted by Crippen LogP contribution is -2.48. The van der Waals surface area contributed by atoms with Gasteiger partial charge in [-0.2, -0.15) is 8.78 Å². The van der Waals surface area contributed by atoms with E-state index in [0.717, 1.165) is 17.7 Å². The molecule has 1 amide bonds. The molecule has 11 heteroatoms. The third-order valence-corrected chi connectivity index (χ3v) is 5.16. The van der Waals surface area contributed by atoms with Crippen molar-refractivity contribution < 1.29 is 28.0 Å². The van der Waals surface area contributed by atoms with Gasteiger partial charge in [-0.25, -0.2) is 0 Å². The number of ether oxygens (including phenoxy) is 2. The van der Waals surface area contributed by atoms with E-state index in [0.29, 0.717) is 37.7 Å². The van der Waals surface area contributed by atoms with E-state index in [9.17, 15) is 23.7 Å². The van der Waals surface area contributed by atoms with Crippen LogP contribution in [0, 0.1) is 10.1 Å². The molecule has 0 aliphatic carbocycles. The molecular formula is C20H20ClF2N3O5. The number of amides is 1. The molecule has 1 aliphatic heterocycles. The number of benzene rings is 2. The van der Waals surface area contributed by atoms with Crippen LogP contribution in [0.25, 0.3) is 0 Å². The summed E-state index contributed by atoms with van der Waals surface area (Å²) in [6, 6.07) is 9.33. The molecule has 0 aromatic heterocycles. The molecule has 0 N–H and O–H groups in total. The predicted molar refractivity (Wildman–Crippen MR) is 109 cm³/mol. The number of halogens is 3. The highest BCUT2D eigenvalue weighted by Crippen LogP contribution is 2.36. The Balaban J connectivity index is 1.73. The van der Waals surface area contributed by atoms with Crippen molar-refractivity contribution in [1.29, 1.82) is 0 Å². The summed E-state index contributed by atoms with van der Waals surface area (Å²) in [4.78, 5) is 27.3. The largest absolute Gasteiger partial charge is 0.493 e. The van der Waals surface area contributed by atoms with E-state index in [4.69, 9.17) is 16.3 Å². The Morgan fingerprint density at radius 1 is 1.16 bits per heavy atom. The summed E-state index contributed by atoms with van der Waals surface area (Å²) < 4.78 is 34.5. The Hall–Kier alpha value is -2.98. The molecule has 0 saturated carbocycles. The first-order chi connectivity index (χ1) is 14.8. The molecule has 166 valence electrons. The first-order valence-electron chi connectivity index (χ1n) is 9.35. The zero-order valence-corrected chi connectivity index (χ0v) is 17.3. The summed E-state index contributed by atoms with van der Waals surface area (Å²) >= 11 is 5.90. The Bertz CT molecular complexity index is 951. The second kappa shape index (κ2) is 9.88. The van der Waals surface area contributed by atoms with Gasteiger partial charge in [-0.1, -0.05) is 23.7 Å². The van der Waals surface area contributed by atoms with Crippen LogP contribution in [0.2, 0.25) is 5.02 Å². The summed E-state index contributed by atoms with van der Waals surface area (Å²) in [7, 11) is 1.20. The molecule has 1 heterocycles. The molecule has 31 heavy (non-hydrogen) atoms. The van der Waals surface area contributed by atoms with Crippen LogP contribution >= 0.6 is 11.6 Å². The Labute approximate surface area is 182 Å². The molecule has 1 fully saturated rings. The normalized spacial score (nSPS) is 14.5. The molecule has 0 radical (unpaired) electrons. The minimum Gasteiger partial charge on any atom is -0.493 e. The maximum absolute atomic E-state index is 13.0. The summed E-state index contributed by atoms with van der Waals surface area (Å²) in [5.41, 5.74) is 0.221. The van der Waals surface area contributed by atoms with Gasteiger partial charge in [0, 0.05) is 43.8 Å². The number of carbonyl (C=O) groups is 1. The van der Waals surface area contributed by atoms with Gasteiger partial charge in [0.1, 0.15) is 5.56 Å². The first kappa shape index (κ1) is 22.7. The van der Waals surface area contributed by atoms with Crippen molar-refractivity contribution in [3.8, 4) is 11.5 Å². The summed E-state index contributed by atoms with van der Waals surface area (Å²) in [5, 5.41) is 12.1. The number of methoxy groups -OCH3 is 1. The van der Waals surface area contributed by atoms with Gasteiger partial charge in [0.15, 0.2) is 11.5 Å². The zero-order chi connectivity index (χ0) is 22.5. The lowest BCUT2D eigenvalue weighted by atomic mass is 10.1. The van der Waals surface area contributed by atoms with Crippen molar-refractivity contribution in [1.82, 2.24) is 9.80 Å². The summed E-state index contributed by atoms with van der Waals surface area (Å²) in [6.07, 6.45) is 0. The van der Waals surface area contributed by atoms with E-state index in [2.05, 4.69) is 9.64 Å². The highest BCUT2D eigenvalue weighted by Gasteiger charge is 2.30. The van der Waals surface area contributed by atoms with Gasteiger partial charge in [-0.15, -0.1) is 0 Å². The highest BCUT2D eigenvalue weighted by molar-refractivity contribution is 6.30. The maximum atomic E-state index is 13.0. The van der Waals surface area contributed by atoms with Crippen LogP contribution < -0.4 is 9.47 Å². The van der Waals surface area contributed by atoms with Crippen molar-refractivity contribution in [3.63, 3.8) is 0 Å². The van der Waals surface area contributed by atoms with Crippen molar-refractivity contribution in [3.05, 3.63) is 62.7 Å². The zero-order valence-electron chi connectivity index (χ0n) is 16.6. The fraction of sp³-hybridized carbons (Fsp3) is 0.350. The van der Waals surface area contributed by atoms with Gasteiger partial charge in [-0.05, 0) is 17.7 Å². The monoisotopic (exact) mass is 455 g/mol. The fourth-order valence-electron chi connectivity index (χ4n) is 3.35. The average Bonchev–Trinajstić information content (AvgIpc) is 2.74. The predicted octanol–water partition coefficient (Wildman–Crippen LogP) is 3.82. The van der Waals surface area contributed by atoms with Crippen LogP contribution in [0.1, 0.15) is 15.9 Å². The van der Waals surface area contributed by atoms with E-state index < -0.39 is 28.9 Å². The molecule has 0 atom stereocenters. The minimum absolute atomic E-state index is 0.185. The lowest BCUT2D eigenvalue weighted by molar-refractivity contribution is -0.385. The summed E-state index contributed by atoms with van der Waals surface area (Å²) in [6.45, 7) is -0.629. The van der Waals surface area contributed by atoms with Gasteiger partial charge in [0.2, 0.25) is 0 Å². The molecule has 2 aromatic rings. The Morgan fingerprint density at radius 2 is 1.81 bits per heavy atom. The van der Waals surface area contributed by atoms with Crippen molar-refractivity contribution in [2.75, 3.05) is 33.3 Å². The van der Waals surface area contributed by atoms with Crippen LogP contribution in [0.4, 0.5) is 14.5 Å². The van der Waals surface area contributed by atoms with Gasteiger partial charge in [0.05, 0.1) is 18.1 Å². The van der Waals surface area contributed by atoms with Crippen LogP contribution in [0.15, 0.2) is 36.4 Å². The molecule has 0 unspecified atom stereocenters. The van der Waals surface area contributed by atoms with E-state index in [-0.39, 0.29) is 11.3 Å². The number of alkyl halides is 2. The molecule has 8 nitrogen and oxygen atoms in total. The summed E-state index contributed by atoms with van der Waals surface area (Å²) in [5.74, 6) is -1.26.